The highest BCUT2D eigenvalue weighted by Crippen LogP contribution is 2.09. The zero-order valence-electron chi connectivity index (χ0n) is 17.6. The van der Waals surface area contributed by atoms with Gasteiger partial charge in [-0.3, -0.25) is 14.4 Å². The van der Waals surface area contributed by atoms with Crippen molar-refractivity contribution >= 4 is 28.7 Å². The Morgan fingerprint density at radius 2 is 1.22 bits per heavy atom. The minimum Gasteiger partial charge on any atom is -0.356 e. The van der Waals surface area contributed by atoms with Crippen molar-refractivity contribution < 1.29 is 14.4 Å². The molecule has 0 aromatic carbocycles. The van der Waals surface area contributed by atoms with Crippen LogP contribution in [0.1, 0.15) is 90.9 Å². The highest BCUT2D eigenvalue weighted by Gasteiger charge is 2.05. The number of unbranched alkanes of at least 4 members (excludes halogenated alkanes) is 5. The van der Waals surface area contributed by atoms with E-state index in [2.05, 4.69) is 24.5 Å². The Bertz CT molecular complexity index is 414. The lowest BCUT2D eigenvalue weighted by Gasteiger charge is -2.07. The number of carbonyl (C=O) groups excluding carboxylic acids is 3. The lowest BCUT2D eigenvalue weighted by molar-refractivity contribution is -0.122. The van der Waals surface area contributed by atoms with Crippen LogP contribution in [0.2, 0.25) is 0 Å². The van der Waals surface area contributed by atoms with E-state index >= 15 is 0 Å². The van der Waals surface area contributed by atoms with Crippen molar-refractivity contribution in [2.45, 2.75) is 90.9 Å². The van der Waals surface area contributed by atoms with Crippen LogP contribution in [-0.2, 0) is 14.4 Å². The molecule has 0 radical (unpaired) electrons. The van der Waals surface area contributed by atoms with Crippen LogP contribution in [0.3, 0.4) is 0 Å². The molecule has 0 saturated heterocycles. The molecule has 5 nitrogen and oxygen atoms in total. The summed E-state index contributed by atoms with van der Waals surface area (Å²) >= 11 is 1.30. The normalized spacial score (nSPS) is 10.8. The molecule has 2 amide bonds. The van der Waals surface area contributed by atoms with Crippen molar-refractivity contribution in [1.29, 1.82) is 0 Å². The van der Waals surface area contributed by atoms with Gasteiger partial charge in [-0.2, -0.15) is 0 Å². The third-order valence-corrected chi connectivity index (χ3v) is 5.11. The topological polar surface area (TPSA) is 75.3 Å². The van der Waals surface area contributed by atoms with Crippen LogP contribution in [0.15, 0.2) is 0 Å². The van der Waals surface area contributed by atoms with Crippen LogP contribution in [0, 0.1) is 5.92 Å². The second-order valence-electron chi connectivity index (χ2n) is 7.54. The molecule has 0 heterocycles. The second kappa shape index (κ2) is 18.3. The molecule has 0 aliphatic heterocycles. The van der Waals surface area contributed by atoms with Crippen LogP contribution in [-0.4, -0.2) is 36.3 Å². The molecule has 0 aliphatic carbocycles. The Hall–Kier alpha value is -1.04. The number of hydrogen-bond donors (Lipinski definition) is 2. The molecule has 158 valence electrons. The summed E-state index contributed by atoms with van der Waals surface area (Å²) in [6.45, 7) is 5.86. The number of hydrogen-bond acceptors (Lipinski definition) is 4. The second-order valence-corrected chi connectivity index (χ2v) is 8.40. The van der Waals surface area contributed by atoms with Crippen molar-refractivity contribution in [1.82, 2.24) is 10.6 Å². The van der Waals surface area contributed by atoms with Crippen molar-refractivity contribution in [3.63, 3.8) is 0 Å². The van der Waals surface area contributed by atoms with E-state index < -0.39 is 0 Å². The van der Waals surface area contributed by atoms with Gasteiger partial charge in [-0.15, -0.1) is 0 Å². The number of nitrogens with one attached hydrogen (secondary N) is 2. The Balaban J connectivity index is 3.38. The lowest BCUT2D eigenvalue weighted by Crippen LogP contribution is -2.26. The van der Waals surface area contributed by atoms with Gasteiger partial charge in [-0.1, -0.05) is 57.7 Å². The molecule has 0 bridgehead atoms. The first-order chi connectivity index (χ1) is 13.0. The molecule has 0 fully saturated rings. The first-order valence-corrected chi connectivity index (χ1v) is 11.8. The first-order valence-electron chi connectivity index (χ1n) is 10.6. The highest BCUT2D eigenvalue weighted by molar-refractivity contribution is 8.13. The fourth-order valence-electron chi connectivity index (χ4n) is 2.75. The third-order valence-electron chi connectivity index (χ3n) is 4.45. The Kier molecular flexibility index (Phi) is 17.6. The molecule has 0 atom stereocenters. The van der Waals surface area contributed by atoms with Crippen LogP contribution in [0.25, 0.3) is 0 Å². The van der Waals surface area contributed by atoms with Crippen molar-refractivity contribution in [2.75, 3.05) is 19.3 Å². The van der Waals surface area contributed by atoms with Gasteiger partial charge in [-0.05, 0) is 37.9 Å². The van der Waals surface area contributed by atoms with E-state index in [9.17, 15) is 14.4 Å². The van der Waals surface area contributed by atoms with E-state index in [4.69, 9.17) is 0 Å². The summed E-state index contributed by atoms with van der Waals surface area (Å²) in [5.74, 6) is 0.799. The van der Waals surface area contributed by atoms with Gasteiger partial charge in [0.05, 0.1) is 0 Å². The molecule has 0 saturated carbocycles. The Labute approximate surface area is 170 Å². The minimum atomic E-state index is 0.0327. The molecule has 0 unspecified atom stereocenters. The smallest absolute Gasteiger partial charge is 0.220 e. The number of amides is 2. The average molecular weight is 401 g/mol. The van der Waals surface area contributed by atoms with Crippen LogP contribution in [0.4, 0.5) is 0 Å². The quantitative estimate of drug-likeness (QED) is 0.354. The van der Waals surface area contributed by atoms with Gasteiger partial charge in [0, 0.05) is 32.4 Å². The van der Waals surface area contributed by atoms with E-state index in [-0.39, 0.29) is 16.9 Å². The standard InChI is InChI=1S/C21H40N2O3S/c1-18(2)12-8-10-17-23-20(25)14-11-13-19(24)22-16-9-6-4-5-7-15-21(26)27-3/h18H,4-17H2,1-3H3,(H,22,24)(H,23,25). The number of rotatable bonds is 17. The molecule has 0 spiro atoms. The van der Waals surface area contributed by atoms with Gasteiger partial charge in [-0.25, -0.2) is 0 Å². The maximum absolute atomic E-state index is 11.7. The summed E-state index contributed by atoms with van der Waals surface area (Å²) in [6.07, 6.45) is 12.5. The molecule has 0 aromatic rings. The molecule has 0 aliphatic rings. The lowest BCUT2D eigenvalue weighted by atomic mass is 10.1. The maximum Gasteiger partial charge on any atom is 0.220 e. The van der Waals surface area contributed by atoms with Gasteiger partial charge >= 0.3 is 0 Å². The molecule has 27 heavy (non-hydrogen) atoms. The number of carbonyl (C=O) groups is 3. The van der Waals surface area contributed by atoms with E-state index in [1.165, 1.54) is 18.2 Å². The fourth-order valence-corrected chi connectivity index (χ4v) is 3.09. The largest absolute Gasteiger partial charge is 0.356 e. The maximum atomic E-state index is 11.7. The van der Waals surface area contributed by atoms with E-state index in [1.54, 1.807) is 0 Å². The molecule has 0 aromatic heterocycles. The monoisotopic (exact) mass is 400 g/mol. The molecule has 6 heteroatoms. The van der Waals surface area contributed by atoms with E-state index in [0.29, 0.717) is 32.2 Å². The fraction of sp³-hybridized carbons (Fsp3) is 0.857. The van der Waals surface area contributed by atoms with Gasteiger partial charge in [0.1, 0.15) is 0 Å². The summed E-state index contributed by atoms with van der Waals surface area (Å²) in [5, 5.41) is 6.11. The Morgan fingerprint density at radius 3 is 1.78 bits per heavy atom. The van der Waals surface area contributed by atoms with Crippen LogP contribution >= 0.6 is 11.8 Å². The van der Waals surface area contributed by atoms with Crippen molar-refractivity contribution in [3.05, 3.63) is 0 Å². The van der Waals surface area contributed by atoms with E-state index in [0.717, 1.165) is 57.4 Å². The SMILES string of the molecule is CSC(=O)CCCCCCCNC(=O)CCCC(=O)NCCCCC(C)C. The van der Waals surface area contributed by atoms with Gasteiger partial charge < -0.3 is 10.6 Å². The molecular weight excluding hydrogens is 360 g/mol. The zero-order valence-corrected chi connectivity index (χ0v) is 18.4. The van der Waals surface area contributed by atoms with Gasteiger partial charge in [0.25, 0.3) is 0 Å². The molecule has 2 N–H and O–H groups in total. The third kappa shape index (κ3) is 19.5. The van der Waals surface area contributed by atoms with Gasteiger partial charge in [0.15, 0.2) is 5.12 Å². The summed E-state index contributed by atoms with van der Waals surface area (Å²) in [5.41, 5.74) is 0. The summed E-state index contributed by atoms with van der Waals surface area (Å²) in [7, 11) is 0. The van der Waals surface area contributed by atoms with E-state index in [1.807, 2.05) is 6.26 Å². The molecule has 0 rings (SSSR count). The summed E-state index contributed by atoms with van der Waals surface area (Å²) in [6, 6.07) is 0. The summed E-state index contributed by atoms with van der Waals surface area (Å²) < 4.78 is 0. The van der Waals surface area contributed by atoms with Crippen LogP contribution < -0.4 is 10.6 Å². The molecular formula is C21H40N2O3S. The Morgan fingerprint density at radius 1 is 0.704 bits per heavy atom. The average Bonchev–Trinajstić information content (AvgIpc) is 2.63. The zero-order chi connectivity index (χ0) is 20.3. The summed E-state index contributed by atoms with van der Waals surface area (Å²) in [4.78, 5) is 34.6. The highest BCUT2D eigenvalue weighted by atomic mass is 32.2. The predicted molar refractivity (Wildman–Crippen MR) is 115 cm³/mol. The first kappa shape index (κ1) is 26.0. The van der Waals surface area contributed by atoms with Crippen molar-refractivity contribution in [2.24, 2.45) is 5.92 Å². The van der Waals surface area contributed by atoms with Gasteiger partial charge in [0.2, 0.25) is 11.8 Å². The predicted octanol–water partition coefficient (Wildman–Crippen LogP) is 4.45. The van der Waals surface area contributed by atoms with Crippen LogP contribution in [0.5, 0.6) is 0 Å². The van der Waals surface area contributed by atoms with Crippen molar-refractivity contribution in [3.8, 4) is 0 Å². The number of thioether (sulfide) groups is 1. The minimum absolute atomic E-state index is 0.0327.